The normalized spacial score (nSPS) is 11.4. The van der Waals surface area contributed by atoms with E-state index in [4.69, 9.17) is 4.74 Å². The topological polar surface area (TPSA) is 111 Å². The SMILES string of the molecule is CC(C)Oc1ccc(CNc2cccc(S(C)(=O)=O)c2[N+](=O)[O-])cn1. The molecule has 0 aliphatic rings. The molecule has 9 heteroatoms. The number of ether oxygens (including phenoxy) is 1. The number of pyridine rings is 1. The zero-order chi connectivity index (χ0) is 18.6. The van der Waals surface area contributed by atoms with Crippen molar-refractivity contribution in [2.45, 2.75) is 31.4 Å². The molecular weight excluding hydrogens is 346 g/mol. The minimum Gasteiger partial charge on any atom is -0.475 e. The largest absolute Gasteiger partial charge is 0.475 e. The van der Waals surface area contributed by atoms with Crippen LogP contribution in [0.5, 0.6) is 5.88 Å². The second-order valence-electron chi connectivity index (χ2n) is 5.71. The predicted molar refractivity (Wildman–Crippen MR) is 93.5 cm³/mol. The fraction of sp³-hybridized carbons (Fsp3) is 0.312. The lowest BCUT2D eigenvalue weighted by molar-refractivity contribution is -0.386. The number of hydrogen-bond acceptors (Lipinski definition) is 7. The molecule has 0 radical (unpaired) electrons. The van der Waals surface area contributed by atoms with Crippen LogP contribution in [0, 0.1) is 10.1 Å². The third kappa shape index (κ3) is 4.90. The van der Waals surface area contributed by atoms with E-state index in [-0.39, 0.29) is 23.2 Å². The van der Waals surface area contributed by atoms with Crippen LogP contribution in [0.3, 0.4) is 0 Å². The fourth-order valence-corrected chi connectivity index (χ4v) is 3.04. The van der Waals surface area contributed by atoms with E-state index in [1.54, 1.807) is 18.3 Å². The molecule has 0 fully saturated rings. The summed E-state index contributed by atoms with van der Waals surface area (Å²) in [7, 11) is -3.71. The van der Waals surface area contributed by atoms with E-state index in [2.05, 4.69) is 10.3 Å². The molecule has 0 aliphatic carbocycles. The van der Waals surface area contributed by atoms with Gasteiger partial charge < -0.3 is 10.1 Å². The molecule has 25 heavy (non-hydrogen) atoms. The van der Waals surface area contributed by atoms with Crippen LogP contribution >= 0.6 is 0 Å². The summed E-state index contributed by atoms with van der Waals surface area (Å²) in [5.74, 6) is 0.490. The first-order chi connectivity index (χ1) is 11.7. The van der Waals surface area contributed by atoms with Crippen LogP contribution in [0.1, 0.15) is 19.4 Å². The summed E-state index contributed by atoms with van der Waals surface area (Å²) < 4.78 is 29.0. The smallest absolute Gasteiger partial charge is 0.310 e. The van der Waals surface area contributed by atoms with E-state index in [9.17, 15) is 18.5 Å². The second kappa shape index (κ2) is 7.47. The Kier molecular flexibility index (Phi) is 5.58. The van der Waals surface area contributed by atoms with E-state index in [0.717, 1.165) is 11.8 Å². The first kappa shape index (κ1) is 18.7. The van der Waals surface area contributed by atoms with E-state index in [1.807, 2.05) is 13.8 Å². The number of nitro groups is 1. The highest BCUT2D eigenvalue weighted by atomic mass is 32.2. The number of sulfone groups is 1. The van der Waals surface area contributed by atoms with Gasteiger partial charge in [0.1, 0.15) is 10.6 Å². The summed E-state index contributed by atoms with van der Waals surface area (Å²) in [5.41, 5.74) is 0.448. The number of hydrogen-bond donors (Lipinski definition) is 1. The number of nitrogens with zero attached hydrogens (tertiary/aromatic N) is 2. The molecular formula is C16H19N3O5S. The van der Waals surface area contributed by atoms with Crippen molar-refractivity contribution < 1.29 is 18.1 Å². The lowest BCUT2D eigenvalue weighted by Gasteiger charge is -2.11. The molecule has 0 atom stereocenters. The van der Waals surface area contributed by atoms with Crippen molar-refractivity contribution in [2.75, 3.05) is 11.6 Å². The fourth-order valence-electron chi connectivity index (χ4n) is 2.18. The van der Waals surface area contributed by atoms with Crippen molar-refractivity contribution in [3.63, 3.8) is 0 Å². The Balaban J connectivity index is 2.22. The highest BCUT2D eigenvalue weighted by Gasteiger charge is 2.25. The summed E-state index contributed by atoms with van der Waals surface area (Å²) in [6.45, 7) is 4.04. The molecule has 0 saturated carbocycles. The third-order valence-corrected chi connectivity index (χ3v) is 4.35. The van der Waals surface area contributed by atoms with Crippen LogP contribution in [0.25, 0.3) is 0 Å². The summed E-state index contributed by atoms with van der Waals surface area (Å²) in [5, 5.41) is 14.2. The number of nitrogens with one attached hydrogen (secondary N) is 1. The van der Waals surface area contributed by atoms with Gasteiger partial charge in [0.25, 0.3) is 0 Å². The van der Waals surface area contributed by atoms with Gasteiger partial charge >= 0.3 is 5.69 Å². The minimum absolute atomic E-state index is 0.0119. The van der Waals surface area contributed by atoms with Gasteiger partial charge in [0.2, 0.25) is 5.88 Å². The van der Waals surface area contributed by atoms with Gasteiger partial charge in [0.05, 0.1) is 11.0 Å². The van der Waals surface area contributed by atoms with Crippen LogP contribution in [0.4, 0.5) is 11.4 Å². The Hall–Kier alpha value is -2.68. The van der Waals surface area contributed by atoms with Crippen molar-refractivity contribution >= 4 is 21.2 Å². The minimum atomic E-state index is -3.71. The Labute approximate surface area is 145 Å². The molecule has 0 amide bonds. The first-order valence-corrected chi connectivity index (χ1v) is 9.40. The van der Waals surface area contributed by atoms with Gasteiger partial charge in [-0.2, -0.15) is 0 Å². The van der Waals surface area contributed by atoms with Gasteiger partial charge in [0.15, 0.2) is 9.84 Å². The predicted octanol–water partition coefficient (Wildman–Crippen LogP) is 2.79. The second-order valence-corrected chi connectivity index (χ2v) is 7.69. The molecule has 1 aromatic heterocycles. The number of nitro benzene ring substituents is 1. The van der Waals surface area contributed by atoms with Crippen LogP contribution in [0.2, 0.25) is 0 Å². The molecule has 0 bridgehead atoms. The molecule has 0 aliphatic heterocycles. The third-order valence-electron chi connectivity index (χ3n) is 3.22. The van der Waals surface area contributed by atoms with Crippen LogP contribution in [0.15, 0.2) is 41.4 Å². The average molecular weight is 365 g/mol. The molecule has 2 rings (SSSR count). The summed E-state index contributed by atoms with van der Waals surface area (Å²) in [6, 6.07) is 7.64. The maximum absolute atomic E-state index is 11.8. The first-order valence-electron chi connectivity index (χ1n) is 7.51. The average Bonchev–Trinajstić information content (AvgIpc) is 2.52. The van der Waals surface area contributed by atoms with Gasteiger partial charge in [-0.15, -0.1) is 0 Å². The molecule has 134 valence electrons. The molecule has 8 nitrogen and oxygen atoms in total. The number of para-hydroxylation sites is 1. The maximum Gasteiger partial charge on any atom is 0.310 e. The van der Waals surface area contributed by atoms with Crippen molar-refractivity contribution in [1.29, 1.82) is 0 Å². The van der Waals surface area contributed by atoms with E-state index < -0.39 is 20.4 Å². The van der Waals surface area contributed by atoms with E-state index >= 15 is 0 Å². The number of anilines is 1. The van der Waals surface area contributed by atoms with Gasteiger partial charge in [-0.1, -0.05) is 12.1 Å². The molecule has 1 aromatic carbocycles. The molecule has 0 unspecified atom stereocenters. The maximum atomic E-state index is 11.8. The Morgan fingerprint density at radius 1 is 1.28 bits per heavy atom. The van der Waals surface area contributed by atoms with Crippen molar-refractivity contribution in [2.24, 2.45) is 0 Å². The summed E-state index contributed by atoms with van der Waals surface area (Å²) in [6.07, 6.45) is 2.55. The van der Waals surface area contributed by atoms with Gasteiger partial charge in [-0.3, -0.25) is 10.1 Å². The Morgan fingerprint density at radius 2 is 2.00 bits per heavy atom. The number of benzene rings is 1. The standard InChI is InChI=1S/C16H19N3O5S/c1-11(2)24-15-8-7-12(10-18-15)9-17-13-5-4-6-14(25(3,22)23)16(13)19(20)21/h4-8,10-11,17H,9H2,1-3H3. The monoisotopic (exact) mass is 365 g/mol. The van der Waals surface area contributed by atoms with Crippen molar-refractivity contribution in [1.82, 2.24) is 4.98 Å². The Bertz CT molecular complexity index is 864. The molecule has 0 spiro atoms. The van der Waals surface area contributed by atoms with Crippen LogP contribution < -0.4 is 10.1 Å². The van der Waals surface area contributed by atoms with Gasteiger partial charge in [-0.05, 0) is 31.5 Å². The summed E-state index contributed by atoms with van der Waals surface area (Å²) >= 11 is 0. The molecule has 1 N–H and O–H groups in total. The van der Waals surface area contributed by atoms with Crippen molar-refractivity contribution in [3.05, 3.63) is 52.2 Å². The van der Waals surface area contributed by atoms with Crippen LogP contribution in [-0.4, -0.2) is 30.7 Å². The highest BCUT2D eigenvalue weighted by molar-refractivity contribution is 7.90. The quantitative estimate of drug-likeness (QED) is 0.593. The zero-order valence-electron chi connectivity index (χ0n) is 14.1. The lowest BCUT2D eigenvalue weighted by Crippen LogP contribution is -2.09. The molecule has 0 saturated heterocycles. The van der Waals surface area contributed by atoms with E-state index in [0.29, 0.717) is 5.88 Å². The number of rotatable bonds is 7. The van der Waals surface area contributed by atoms with Crippen molar-refractivity contribution in [3.8, 4) is 5.88 Å². The summed E-state index contributed by atoms with van der Waals surface area (Å²) in [4.78, 5) is 14.5. The molecule has 2 aromatic rings. The van der Waals surface area contributed by atoms with E-state index in [1.165, 1.54) is 18.2 Å². The van der Waals surface area contributed by atoms with Gasteiger partial charge in [0, 0.05) is 25.1 Å². The number of aromatic nitrogens is 1. The highest BCUT2D eigenvalue weighted by Crippen LogP contribution is 2.32. The lowest BCUT2D eigenvalue weighted by atomic mass is 10.2. The van der Waals surface area contributed by atoms with Gasteiger partial charge in [-0.25, -0.2) is 13.4 Å². The Morgan fingerprint density at radius 3 is 2.52 bits per heavy atom. The zero-order valence-corrected chi connectivity index (χ0v) is 14.9. The van der Waals surface area contributed by atoms with Crippen LogP contribution in [-0.2, 0) is 16.4 Å². The molecule has 1 heterocycles.